The van der Waals surface area contributed by atoms with Crippen molar-refractivity contribution in [3.63, 3.8) is 0 Å². The van der Waals surface area contributed by atoms with Crippen LogP contribution >= 0.6 is 0 Å². The molecule has 1 aliphatic heterocycles. The summed E-state index contributed by atoms with van der Waals surface area (Å²) >= 11 is 0. The smallest absolute Gasteiger partial charge is 0.259 e. The van der Waals surface area contributed by atoms with E-state index >= 15 is 0 Å². The lowest BCUT2D eigenvalue weighted by molar-refractivity contribution is -0.118. The second-order valence-corrected chi connectivity index (χ2v) is 7.16. The molecule has 146 valence electrons. The van der Waals surface area contributed by atoms with Gasteiger partial charge in [-0.25, -0.2) is 0 Å². The fourth-order valence-electron chi connectivity index (χ4n) is 3.30. The van der Waals surface area contributed by atoms with E-state index in [1.54, 1.807) is 6.92 Å². The summed E-state index contributed by atoms with van der Waals surface area (Å²) in [5.41, 5.74) is 0.115. The van der Waals surface area contributed by atoms with Gasteiger partial charge in [-0.3, -0.25) is 9.59 Å². The average Bonchev–Trinajstić information content (AvgIpc) is 2.93. The van der Waals surface area contributed by atoms with Gasteiger partial charge in [0.2, 0.25) is 0 Å². The minimum atomic E-state index is -1.27. The number of hydrogen-bond acceptors (Lipinski definition) is 5. The first-order valence-electron chi connectivity index (χ1n) is 9.12. The number of nitrogens with one attached hydrogen (secondary N) is 1. The largest absolute Gasteiger partial charge is 0.511 e. The molecule has 0 radical (unpaired) electrons. The Hall–Kier alpha value is -2.60. The lowest BCUT2D eigenvalue weighted by Crippen LogP contribution is -2.35. The first-order chi connectivity index (χ1) is 12.8. The van der Waals surface area contributed by atoms with Crippen LogP contribution in [0.1, 0.15) is 45.3 Å². The van der Waals surface area contributed by atoms with Crippen molar-refractivity contribution >= 4 is 11.7 Å². The van der Waals surface area contributed by atoms with Crippen LogP contribution in [0.3, 0.4) is 0 Å². The van der Waals surface area contributed by atoms with Gasteiger partial charge in [-0.1, -0.05) is 38.1 Å². The maximum Gasteiger partial charge on any atom is 0.259 e. The van der Waals surface area contributed by atoms with E-state index in [0.29, 0.717) is 12.0 Å². The number of phenolic OH excluding ortho intramolecular Hbond substituents is 1. The molecule has 0 spiro atoms. The zero-order valence-electron chi connectivity index (χ0n) is 15.8. The third-order valence-corrected chi connectivity index (χ3v) is 4.85. The molecule has 1 amide bonds. The van der Waals surface area contributed by atoms with Crippen LogP contribution in [0.5, 0.6) is 5.75 Å². The number of aliphatic hydroxyl groups is 2. The highest BCUT2D eigenvalue weighted by atomic mass is 16.3. The number of carbonyl (C=O) groups excluding carboxylic acids is 2. The van der Waals surface area contributed by atoms with Gasteiger partial charge in [-0.05, 0) is 43.4 Å². The quantitative estimate of drug-likeness (QED) is 0.254. The number of rotatable bonds is 7. The summed E-state index contributed by atoms with van der Waals surface area (Å²) in [6.45, 7) is 5.76. The summed E-state index contributed by atoms with van der Waals surface area (Å²) in [7, 11) is 0. The maximum absolute atomic E-state index is 12.7. The van der Waals surface area contributed by atoms with E-state index in [4.69, 9.17) is 0 Å². The molecule has 4 atom stereocenters. The van der Waals surface area contributed by atoms with E-state index in [0.717, 1.165) is 6.42 Å². The van der Waals surface area contributed by atoms with Gasteiger partial charge in [0.15, 0.2) is 5.78 Å². The number of carbonyl (C=O) groups is 2. The van der Waals surface area contributed by atoms with Crippen LogP contribution in [0.2, 0.25) is 0 Å². The Labute approximate surface area is 159 Å². The topological polar surface area (TPSA) is 107 Å². The van der Waals surface area contributed by atoms with E-state index < -0.39 is 23.8 Å². The molecule has 0 bridgehead atoms. The van der Waals surface area contributed by atoms with Crippen LogP contribution in [0.4, 0.5) is 0 Å². The minimum absolute atomic E-state index is 0.0341. The van der Waals surface area contributed by atoms with E-state index in [-0.39, 0.29) is 28.9 Å². The second-order valence-electron chi connectivity index (χ2n) is 7.16. The predicted octanol–water partition coefficient (Wildman–Crippen LogP) is 2.93. The second kappa shape index (κ2) is 8.86. The van der Waals surface area contributed by atoms with Crippen LogP contribution in [-0.2, 0) is 9.59 Å². The number of hydrogen-bond donors (Lipinski definition) is 4. The van der Waals surface area contributed by atoms with Gasteiger partial charge in [-0.2, -0.15) is 0 Å². The molecule has 1 fully saturated rings. The number of ketones is 1. The number of amides is 1. The maximum atomic E-state index is 12.7. The summed E-state index contributed by atoms with van der Waals surface area (Å²) in [5.74, 6) is -1.55. The molecule has 1 saturated heterocycles. The molecule has 27 heavy (non-hydrogen) atoms. The molecule has 1 aromatic carbocycles. The Kier molecular flexibility index (Phi) is 6.80. The molecule has 1 aromatic rings. The van der Waals surface area contributed by atoms with Gasteiger partial charge in [-0.15, -0.1) is 0 Å². The zero-order chi connectivity index (χ0) is 20.1. The standard InChI is InChI=1S/C21H27NO5/c1-4-5-6-12(2)11-13(3)18(24)16-20(26)17(22-21(16)27)19(25)14-7-9-15(23)10-8-14/h4-5,7-10,12-13,17,19,23-25H,6,11H2,1-3H3,(H,22,27)/b5-4-,18-16-. The Morgan fingerprint density at radius 2 is 1.85 bits per heavy atom. The van der Waals surface area contributed by atoms with Gasteiger partial charge < -0.3 is 20.6 Å². The van der Waals surface area contributed by atoms with Crippen LogP contribution in [0.15, 0.2) is 47.7 Å². The van der Waals surface area contributed by atoms with Gasteiger partial charge >= 0.3 is 0 Å². The minimum Gasteiger partial charge on any atom is -0.511 e. The van der Waals surface area contributed by atoms with Crippen molar-refractivity contribution in [2.45, 2.75) is 45.8 Å². The molecule has 4 unspecified atom stereocenters. The van der Waals surface area contributed by atoms with E-state index in [2.05, 4.69) is 5.32 Å². The molecule has 1 aliphatic rings. The third kappa shape index (κ3) is 4.77. The lowest BCUT2D eigenvalue weighted by atomic mass is 9.90. The lowest BCUT2D eigenvalue weighted by Gasteiger charge is -2.17. The first-order valence-corrected chi connectivity index (χ1v) is 9.12. The first kappa shape index (κ1) is 20.7. The highest BCUT2D eigenvalue weighted by Crippen LogP contribution is 2.29. The molecule has 6 nitrogen and oxygen atoms in total. The van der Waals surface area contributed by atoms with Crippen LogP contribution in [-0.4, -0.2) is 33.1 Å². The Balaban J connectivity index is 2.18. The Bertz CT molecular complexity index is 750. The number of phenols is 1. The normalized spacial score (nSPS) is 22.6. The molecule has 6 heteroatoms. The van der Waals surface area contributed by atoms with Crippen molar-refractivity contribution in [3.05, 3.63) is 53.3 Å². The van der Waals surface area contributed by atoms with E-state index in [9.17, 15) is 24.9 Å². The van der Waals surface area contributed by atoms with E-state index in [1.807, 2.05) is 26.0 Å². The number of benzene rings is 1. The molecular weight excluding hydrogens is 346 g/mol. The van der Waals surface area contributed by atoms with Gasteiger partial charge in [0.1, 0.15) is 29.2 Å². The van der Waals surface area contributed by atoms with Crippen molar-refractivity contribution in [3.8, 4) is 5.75 Å². The summed E-state index contributed by atoms with van der Waals surface area (Å²) in [6, 6.07) is 4.58. The van der Waals surface area contributed by atoms with E-state index in [1.165, 1.54) is 24.3 Å². The average molecular weight is 373 g/mol. The Morgan fingerprint density at radius 1 is 1.22 bits per heavy atom. The van der Waals surface area contributed by atoms with Crippen LogP contribution < -0.4 is 5.32 Å². The summed E-state index contributed by atoms with van der Waals surface area (Å²) in [5, 5.41) is 32.8. The van der Waals surface area contributed by atoms with Crippen molar-refractivity contribution in [1.29, 1.82) is 0 Å². The summed E-state index contributed by atoms with van der Waals surface area (Å²) < 4.78 is 0. The van der Waals surface area contributed by atoms with Gasteiger partial charge in [0, 0.05) is 5.92 Å². The molecule has 1 heterocycles. The van der Waals surface area contributed by atoms with Crippen molar-refractivity contribution in [2.24, 2.45) is 11.8 Å². The summed E-state index contributed by atoms with van der Waals surface area (Å²) in [4.78, 5) is 25.0. The van der Waals surface area contributed by atoms with Crippen LogP contribution in [0.25, 0.3) is 0 Å². The van der Waals surface area contributed by atoms with Crippen LogP contribution in [0, 0.1) is 11.8 Å². The highest BCUT2D eigenvalue weighted by molar-refractivity contribution is 6.27. The number of aromatic hydroxyl groups is 1. The van der Waals surface area contributed by atoms with Gasteiger partial charge in [0.05, 0.1) is 0 Å². The van der Waals surface area contributed by atoms with Crippen molar-refractivity contribution < 1.29 is 24.9 Å². The number of Topliss-reactive ketones (excluding diaryl/α,β-unsaturated/α-hetero) is 1. The fourth-order valence-corrected chi connectivity index (χ4v) is 3.30. The zero-order valence-corrected chi connectivity index (χ0v) is 15.8. The molecule has 4 N–H and O–H groups in total. The SMILES string of the molecule is C/C=C\CC(C)CC(C)/C(O)=C1/C(=O)NC(C(O)c2ccc(O)cc2)C1=O. The number of aliphatic hydroxyl groups excluding tert-OH is 2. The van der Waals surface area contributed by atoms with Crippen molar-refractivity contribution in [2.75, 3.05) is 0 Å². The third-order valence-electron chi connectivity index (χ3n) is 4.85. The molecule has 0 aliphatic carbocycles. The molecular formula is C21H27NO5. The highest BCUT2D eigenvalue weighted by Gasteiger charge is 2.43. The van der Waals surface area contributed by atoms with Crippen molar-refractivity contribution in [1.82, 2.24) is 5.32 Å². The predicted molar refractivity (Wildman–Crippen MR) is 102 cm³/mol. The monoisotopic (exact) mass is 373 g/mol. The Morgan fingerprint density at radius 3 is 2.44 bits per heavy atom. The fraction of sp³-hybridized carbons (Fsp3) is 0.429. The molecule has 0 aromatic heterocycles. The number of allylic oxidation sites excluding steroid dienone is 3. The summed E-state index contributed by atoms with van der Waals surface area (Å²) in [6.07, 6.45) is 4.22. The molecule has 2 rings (SSSR count). The van der Waals surface area contributed by atoms with Gasteiger partial charge in [0.25, 0.3) is 5.91 Å². The molecule has 0 saturated carbocycles.